The Kier molecular flexibility index (Phi) is 4.35. The Labute approximate surface area is 86.8 Å². The van der Waals surface area contributed by atoms with E-state index in [1.165, 1.54) is 6.42 Å². The zero-order valence-electron chi connectivity index (χ0n) is 9.55. The lowest BCUT2D eigenvalue weighted by Gasteiger charge is -2.30. The van der Waals surface area contributed by atoms with Gasteiger partial charge in [0.2, 0.25) is 0 Å². The van der Waals surface area contributed by atoms with Gasteiger partial charge in [0.05, 0.1) is 11.7 Å². The van der Waals surface area contributed by atoms with Gasteiger partial charge in [0.25, 0.3) is 0 Å². The third kappa shape index (κ3) is 4.40. The fourth-order valence-electron chi connectivity index (χ4n) is 1.70. The number of piperidine rings is 1. The largest absolute Gasteiger partial charge is 0.390 e. The van der Waals surface area contributed by atoms with Gasteiger partial charge in [0.15, 0.2) is 0 Å². The standard InChI is InChI=1S/C11H23NO2/c1-9-10(5-4-7-12-9)14-8-6-11(2,3)13/h9-10,12-13H,4-8H2,1-3H3. The monoisotopic (exact) mass is 201 g/mol. The molecule has 1 aliphatic rings. The zero-order valence-corrected chi connectivity index (χ0v) is 9.55. The molecule has 3 nitrogen and oxygen atoms in total. The molecular formula is C11H23NO2. The van der Waals surface area contributed by atoms with Crippen LogP contribution >= 0.6 is 0 Å². The van der Waals surface area contributed by atoms with Gasteiger partial charge in [-0.3, -0.25) is 0 Å². The Morgan fingerprint density at radius 1 is 1.50 bits per heavy atom. The molecule has 2 N–H and O–H groups in total. The summed E-state index contributed by atoms with van der Waals surface area (Å²) in [6.45, 7) is 7.55. The molecule has 1 saturated heterocycles. The molecule has 1 heterocycles. The zero-order chi connectivity index (χ0) is 10.6. The predicted octanol–water partition coefficient (Wildman–Crippen LogP) is 1.30. The Bertz CT molecular complexity index is 165. The van der Waals surface area contributed by atoms with Crippen LogP contribution in [0.4, 0.5) is 0 Å². The number of nitrogens with one attached hydrogen (secondary N) is 1. The summed E-state index contributed by atoms with van der Waals surface area (Å²) in [6, 6.07) is 0.450. The summed E-state index contributed by atoms with van der Waals surface area (Å²) in [7, 11) is 0. The number of aliphatic hydroxyl groups is 1. The fourth-order valence-corrected chi connectivity index (χ4v) is 1.70. The Morgan fingerprint density at radius 2 is 2.21 bits per heavy atom. The minimum Gasteiger partial charge on any atom is -0.390 e. The predicted molar refractivity (Wildman–Crippen MR) is 57.4 cm³/mol. The van der Waals surface area contributed by atoms with Crippen molar-refractivity contribution in [2.45, 2.75) is 57.8 Å². The van der Waals surface area contributed by atoms with E-state index >= 15 is 0 Å². The van der Waals surface area contributed by atoms with E-state index in [2.05, 4.69) is 12.2 Å². The van der Waals surface area contributed by atoms with Gasteiger partial charge in [-0.05, 0) is 46.6 Å². The van der Waals surface area contributed by atoms with Crippen molar-refractivity contribution in [1.82, 2.24) is 5.32 Å². The van der Waals surface area contributed by atoms with Gasteiger partial charge in [0.1, 0.15) is 0 Å². The van der Waals surface area contributed by atoms with Gasteiger partial charge in [-0.1, -0.05) is 0 Å². The van der Waals surface area contributed by atoms with Crippen LogP contribution < -0.4 is 5.32 Å². The van der Waals surface area contributed by atoms with E-state index in [0.29, 0.717) is 25.2 Å². The summed E-state index contributed by atoms with van der Waals surface area (Å²) in [5.41, 5.74) is -0.606. The number of hydrogen-bond donors (Lipinski definition) is 2. The first-order valence-electron chi connectivity index (χ1n) is 5.56. The SMILES string of the molecule is CC1NCCCC1OCCC(C)(C)O. The second-order valence-electron chi connectivity index (χ2n) is 4.86. The minimum atomic E-state index is -0.606. The van der Waals surface area contributed by atoms with Crippen LogP contribution in [-0.2, 0) is 4.74 Å². The van der Waals surface area contributed by atoms with Gasteiger partial charge in [-0.15, -0.1) is 0 Å². The number of hydrogen-bond acceptors (Lipinski definition) is 3. The molecule has 1 rings (SSSR count). The Balaban J connectivity index is 2.17. The van der Waals surface area contributed by atoms with Gasteiger partial charge in [-0.25, -0.2) is 0 Å². The molecule has 0 radical (unpaired) electrons. The van der Waals surface area contributed by atoms with Gasteiger partial charge < -0.3 is 15.2 Å². The van der Waals surface area contributed by atoms with Crippen molar-refractivity contribution in [2.24, 2.45) is 0 Å². The van der Waals surface area contributed by atoms with Crippen molar-refractivity contribution in [1.29, 1.82) is 0 Å². The number of ether oxygens (including phenoxy) is 1. The second-order valence-corrected chi connectivity index (χ2v) is 4.86. The van der Waals surface area contributed by atoms with Gasteiger partial charge in [0, 0.05) is 12.6 Å². The maximum Gasteiger partial charge on any atom is 0.0725 e. The van der Waals surface area contributed by atoms with E-state index in [9.17, 15) is 5.11 Å². The first-order chi connectivity index (χ1) is 6.49. The molecule has 0 saturated carbocycles. The average Bonchev–Trinajstić information content (AvgIpc) is 2.06. The van der Waals surface area contributed by atoms with Crippen LogP contribution in [0.15, 0.2) is 0 Å². The van der Waals surface area contributed by atoms with E-state index in [0.717, 1.165) is 13.0 Å². The first kappa shape index (κ1) is 12.0. The van der Waals surface area contributed by atoms with Gasteiger partial charge in [-0.2, -0.15) is 0 Å². The summed E-state index contributed by atoms with van der Waals surface area (Å²) < 4.78 is 5.75. The molecule has 2 atom stereocenters. The molecule has 0 aromatic heterocycles. The lowest BCUT2D eigenvalue weighted by atomic mass is 10.0. The summed E-state index contributed by atoms with van der Waals surface area (Å²) in [6.07, 6.45) is 3.36. The molecule has 0 aromatic carbocycles. The van der Waals surface area contributed by atoms with Crippen molar-refractivity contribution in [3.8, 4) is 0 Å². The highest BCUT2D eigenvalue weighted by Crippen LogP contribution is 2.14. The maximum atomic E-state index is 9.52. The van der Waals surface area contributed by atoms with Crippen molar-refractivity contribution in [3.63, 3.8) is 0 Å². The van der Waals surface area contributed by atoms with Crippen LogP contribution in [0.3, 0.4) is 0 Å². The fraction of sp³-hybridized carbons (Fsp3) is 1.00. The average molecular weight is 201 g/mol. The lowest BCUT2D eigenvalue weighted by Crippen LogP contribution is -2.44. The smallest absolute Gasteiger partial charge is 0.0725 e. The van der Waals surface area contributed by atoms with Crippen molar-refractivity contribution in [3.05, 3.63) is 0 Å². The molecule has 14 heavy (non-hydrogen) atoms. The van der Waals surface area contributed by atoms with Crippen LogP contribution in [0.1, 0.15) is 40.0 Å². The molecule has 0 aliphatic carbocycles. The quantitative estimate of drug-likeness (QED) is 0.720. The summed E-state index contributed by atoms with van der Waals surface area (Å²) >= 11 is 0. The van der Waals surface area contributed by atoms with Gasteiger partial charge >= 0.3 is 0 Å². The van der Waals surface area contributed by atoms with Crippen LogP contribution in [-0.4, -0.2) is 36.0 Å². The molecule has 1 aliphatic heterocycles. The number of rotatable bonds is 4. The van der Waals surface area contributed by atoms with Crippen molar-refractivity contribution in [2.75, 3.05) is 13.2 Å². The normalized spacial score (nSPS) is 29.1. The van der Waals surface area contributed by atoms with Crippen LogP contribution in [0.25, 0.3) is 0 Å². The molecule has 0 amide bonds. The molecule has 2 unspecified atom stereocenters. The van der Waals surface area contributed by atoms with Crippen LogP contribution in [0, 0.1) is 0 Å². The summed E-state index contributed by atoms with van der Waals surface area (Å²) in [4.78, 5) is 0. The molecular weight excluding hydrogens is 178 g/mol. The van der Waals surface area contributed by atoms with Crippen LogP contribution in [0.5, 0.6) is 0 Å². The van der Waals surface area contributed by atoms with Crippen molar-refractivity contribution < 1.29 is 9.84 Å². The molecule has 0 spiro atoms. The van der Waals surface area contributed by atoms with E-state index in [1.807, 2.05) is 13.8 Å². The molecule has 84 valence electrons. The second kappa shape index (κ2) is 5.10. The third-order valence-electron chi connectivity index (χ3n) is 2.74. The Hall–Kier alpha value is -0.120. The van der Waals surface area contributed by atoms with Crippen molar-refractivity contribution >= 4 is 0 Å². The van der Waals surface area contributed by atoms with E-state index < -0.39 is 5.60 Å². The molecule has 0 bridgehead atoms. The lowest BCUT2D eigenvalue weighted by molar-refractivity contribution is -0.0227. The maximum absolute atomic E-state index is 9.52. The highest BCUT2D eigenvalue weighted by molar-refractivity contribution is 4.78. The van der Waals surface area contributed by atoms with E-state index in [1.54, 1.807) is 0 Å². The topological polar surface area (TPSA) is 41.5 Å². The molecule has 0 aromatic rings. The minimum absolute atomic E-state index is 0.325. The first-order valence-corrected chi connectivity index (χ1v) is 5.56. The molecule has 3 heteroatoms. The third-order valence-corrected chi connectivity index (χ3v) is 2.74. The highest BCUT2D eigenvalue weighted by atomic mass is 16.5. The molecule has 1 fully saturated rings. The van der Waals surface area contributed by atoms with E-state index in [4.69, 9.17) is 4.74 Å². The van der Waals surface area contributed by atoms with E-state index in [-0.39, 0.29) is 0 Å². The van der Waals surface area contributed by atoms with Crippen LogP contribution in [0.2, 0.25) is 0 Å². The highest BCUT2D eigenvalue weighted by Gasteiger charge is 2.22. The summed E-state index contributed by atoms with van der Waals surface area (Å²) in [5, 5.41) is 12.9. The Morgan fingerprint density at radius 3 is 2.79 bits per heavy atom. The summed E-state index contributed by atoms with van der Waals surface area (Å²) in [5.74, 6) is 0.